The molecule has 4 heterocycles. The van der Waals surface area contributed by atoms with Crippen molar-refractivity contribution in [2.24, 2.45) is 5.92 Å². The van der Waals surface area contributed by atoms with Crippen LogP contribution in [0.1, 0.15) is 43.6 Å². The first-order valence-corrected chi connectivity index (χ1v) is 14.5. The van der Waals surface area contributed by atoms with Crippen LogP contribution in [0.2, 0.25) is 0 Å². The number of thiophene rings is 1. The summed E-state index contributed by atoms with van der Waals surface area (Å²) in [5.41, 5.74) is 3.28. The van der Waals surface area contributed by atoms with Crippen LogP contribution in [0.25, 0.3) is 5.57 Å². The van der Waals surface area contributed by atoms with E-state index >= 15 is 0 Å². The normalized spacial score (nSPS) is 23.6. The molecular formula is C33H25N3O5S. The van der Waals surface area contributed by atoms with E-state index in [1.165, 1.54) is 35.6 Å². The Kier molecular flexibility index (Phi) is 5.78. The van der Waals surface area contributed by atoms with Gasteiger partial charge in [-0.25, -0.2) is 0 Å². The van der Waals surface area contributed by atoms with Crippen molar-refractivity contribution in [2.75, 3.05) is 10.2 Å². The maximum atomic E-state index is 14.8. The topological polar surface area (TPSA) is 110 Å². The Morgan fingerprint density at radius 1 is 0.976 bits per heavy atom. The lowest BCUT2D eigenvalue weighted by Crippen LogP contribution is -2.51. The van der Waals surface area contributed by atoms with Crippen molar-refractivity contribution in [3.63, 3.8) is 0 Å². The van der Waals surface area contributed by atoms with Gasteiger partial charge in [0.15, 0.2) is 11.6 Å². The number of Topliss-reactive ketones (excluding diaryl/α,β-unsaturated/α-hetero) is 2. The Morgan fingerprint density at radius 2 is 1.79 bits per heavy atom. The number of nitrogens with one attached hydrogen (secondary N) is 1. The van der Waals surface area contributed by atoms with Gasteiger partial charge < -0.3 is 10.2 Å². The molecule has 0 radical (unpaired) electrons. The molecule has 42 heavy (non-hydrogen) atoms. The van der Waals surface area contributed by atoms with Crippen molar-refractivity contribution in [1.29, 1.82) is 0 Å². The van der Waals surface area contributed by atoms with Crippen LogP contribution in [0.5, 0.6) is 0 Å². The highest BCUT2D eigenvalue weighted by atomic mass is 32.1. The van der Waals surface area contributed by atoms with E-state index in [1.807, 2.05) is 60.5 Å². The smallest absolute Gasteiger partial charge is 0.270 e. The lowest BCUT2D eigenvalue weighted by atomic mass is 9.64. The lowest BCUT2D eigenvalue weighted by molar-refractivity contribution is -0.384. The largest absolute Gasteiger partial charge is 0.352 e. The van der Waals surface area contributed by atoms with E-state index in [4.69, 9.17) is 0 Å². The number of benzene rings is 3. The zero-order valence-corrected chi connectivity index (χ0v) is 23.6. The van der Waals surface area contributed by atoms with E-state index in [9.17, 15) is 24.5 Å². The van der Waals surface area contributed by atoms with Gasteiger partial charge in [0.05, 0.1) is 21.8 Å². The Balaban J connectivity index is 1.56. The van der Waals surface area contributed by atoms with Crippen LogP contribution in [0, 0.1) is 23.0 Å². The summed E-state index contributed by atoms with van der Waals surface area (Å²) >= 11 is 1.28. The molecule has 4 atom stereocenters. The minimum absolute atomic E-state index is 0.0828. The number of fused-ring (bicyclic) bond motifs is 6. The summed E-state index contributed by atoms with van der Waals surface area (Å²) in [7, 11) is 0. The highest BCUT2D eigenvalue weighted by Gasteiger charge is 2.70. The van der Waals surface area contributed by atoms with Crippen molar-refractivity contribution >= 4 is 51.4 Å². The number of nitrogens with zero attached hydrogens (tertiary/aromatic N) is 2. The number of aryl methyl sites for hydroxylation is 1. The van der Waals surface area contributed by atoms with Gasteiger partial charge in [-0.1, -0.05) is 54.1 Å². The third-order valence-electron chi connectivity index (χ3n) is 8.79. The molecule has 7 rings (SSSR count). The van der Waals surface area contributed by atoms with Gasteiger partial charge in [-0.2, -0.15) is 0 Å². The van der Waals surface area contributed by atoms with E-state index in [0.717, 1.165) is 22.4 Å². The highest BCUT2D eigenvalue weighted by Crippen LogP contribution is 2.59. The molecule has 0 bridgehead atoms. The van der Waals surface area contributed by atoms with E-state index in [1.54, 1.807) is 18.2 Å². The number of allylic oxidation sites excluding steroid dienone is 1. The molecule has 208 valence electrons. The maximum absolute atomic E-state index is 14.8. The molecule has 0 aliphatic carbocycles. The SMILES string of the molecule is CC1=C[C@@H]2N(c3ccc(C)cc31)[C@H](C(=O)c1cccs1)[C@H](C(=O)c1cccc([N+](=O)[O-])c1)[C@@]21C(=O)Nc2ccccc21. The van der Waals surface area contributed by atoms with Gasteiger partial charge in [-0.15, -0.1) is 11.3 Å². The number of hydrogen-bond donors (Lipinski definition) is 1. The summed E-state index contributed by atoms with van der Waals surface area (Å²) < 4.78 is 0. The minimum atomic E-state index is -1.47. The number of anilines is 2. The van der Waals surface area contributed by atoms with Gasteiger partial charge in [0.1, 0.15) is 11.5 Å². The molecule has 3 aliphatic heterocycles. The molecule has 0 saturated carbocycles. The van der Waals surface area contributed by atoms with Crippen molar-refractivity contribution in [3.05, 3.63) is 128 Å². The number of nitro groups is 1. The third-order valence-corrected chi connectivity index (χ3v) is 9.67. The van der Waals surface area contributed by atoms with Crippen LogP contribution in [-0.4, -0.2) is 34.5 Å². The second-order valence-electron chi connectivity index (χ2n) is 11.0. The van der Waals surface area contributed by atoms with Gasteiger partial charge in [-0.05, 0) is 54.6 Å². The number of para-hydroxylation sites is 1. The summed E-state index contributed by atoms with van der Waals surface area (Å²) in [6.45, 7) is 3.97. The van der Waals surface area contributed by atoms with Crippen LogP contribution < -0.4 is 10.2 Å². The standard InChI is InChI=1S/C33H25N3O5S/c1-18-12-13-25-22(15-18)19(2)16-27-33(23-9-3-4-10-24(23)34-32(33)39)28(29(35(25)27)31(38)26-11-6-14-42-26)30(37)20-7-5-8-21(17-20)36(40)41/h3-17,27-29H,1-2H3,(H,34,39)/t27-,28+,29-,33-/m0/s1. The average molecular weight is 576 g/mol. The van der Waals surface area contributed by atoms with Gasteiger partial charge >= 0.3 is 0 Å². The molecular weight excluding hydrogens is 550 g/mol. The second-order valence-corrected chi connectivity index (χ2v) is 12.0. The van der Waals surface area contributed by atoms with Gasteiger partial charge in [-0.3, -0.25) is 24.5 Å². The van der Waals surface area contributed by atoms with Crippen molar-refractivity contribution in [3.8, 4) is 0 Å². The van der Waals surface area contributed by atoms with Crippen molar-refractivity contribution in [2.45, 2.75) is 31.3 Å². The first kappa shape index (κ1) is 26.0. The first-order valence-electron chi connectivity index (χ1n) is 13.6. The molecule has 1 saturated heterocycles. The number of nitro benzene ring substituents is 1. The molecule has 9 heteroatoms. The van der Waals surface area contributed by atoms with Gasteiger partial charge in [0.25, 0.3) is 5.69 Å². The molecule has 0 unspecified atom stereocenters. The number of ketones is 2. The monoisotopic (exact) mass is 575 g/mol. The van der Waals surface area contributed by atoms with Gasteiger partial charge in [0.2, 0.25) is 5.91 Å². The minimum Gasteiger partial charge on any atom is -0.352 e. The molecule has 1 aromatic heterocycles. The molecule has 4 aromatic rings. The number of hydrogen-bond acceptors (Lipinski definition) is 7. The van der Waals surface area contributed by atoms with Crippen molar-refractivity contribution in [1.82, 2.24) is 0 Å². The van der Waals surface area contributed by atoms with Gasteiger partial charge in [0, 0.05) is 34.6 Å². The summed E-state index contributed by atoms with van der Waals surface area (Å²) in [5.74, 6) is -2.32. The number of carbonyl (C=O) groups is 3. The number of carbonyl (C=O) groups excluding carboxylic acids is 3. The first-order chi connectivity index (χ1) is 20.2. The second kappa shape index (κ2) is 9.32. The molecule has 1 spiro atoms. The van der Waals surface area contributed by atoms with E-state index in [0.29, 0.717) is 16.1 Å². The zero-order valence-electron chi connectivity index (χ0n) is 22.7. The Labute approximate surface area is 245 Å². The zero-order chi connectivity index (χ0) is 29.3. The van der Waals surface area contributed by atoms with Crippen molar-refractivity contribution < 1.29 is 19.3 Å². The van der Waals surface area contributed by atoms with E-state index in [2.05, 4.69) is 11.4 Å². The Morgan fingerprint density at radius 3 is 2.55 bits per heavy atom. The molecule has 3 aromatic carbocycles. The van der Waals surface area contributed by atoms with E-state index in [-0.39, 0.29) is 22.9 Å². The molecule has 1 amide bonds. The summed E-state index contributed by atoms with van der Waals surface area (Å²) in [5, 5.41) is 16.5. The Hall–Kier alpha value is -4.89. The van der Waals surface area contributed by atoms with Crippen LogP contribution in [-0.2, 0) is 10.2 Å². The quantitative estimate of drug-likeness (QED) is 0.172. The highest BCUT2D eigenvalue weighted by molar-refractivity contribution is 7.12. The number of amides is 1. The number of non-ortho nitro benzene ring substituents is 1. The van der Waals surface area contributed by atoms with Crippen LogP contribution in [0.15, 0.2) is 90.3 Å². The number of rotatable bonds is 5. The molecule has 1 fully saturated rings. The molecule has 1 N–H and O–H groups in total. The summed E-state index contributed by atoms with van der Waals surface area (Å²) in [6, 6.07) is 20.6. The predicted molar refractivity (Wildman–Crippen MR) is 161 cm³/mol. The summed E-state index contributed by atoms with van der Waals surface area (Å²) in [6.07, 6.45) is 2.00. The van der Waals surface area contributed by atoms with E-state index < -0.39 is 34.1 Å². The maximum Gasteiger partial charge on any atom is 0.270 e. The average Bonchev–Trinajstić information content (AvgIpc) is 3.70. The molecule has 3 aliphatic rings. The van der Waals surface area contributed by atoms with Crippen LogP contribution in [0.4, 0.5) is 17.1 Å². The summed E-state index contributed by atoms with van der Waals surface area (Å²) in [4.78, 5) is 57.3. The van der Waals surface area contributed by atoms with Crippen LogP contribution in [0.3, 0.4) is 0 Å². The predicted octanol–water partition coefficient (Wildman–Crippen LogP) is 6.21. The molecule has 8 nitrogen and oxygen atoms in total. The third kappa shape index (κ3) is 3.50. The lowest BCUT2D eigenvalue weighted by Gasteiger charge is -2.39. The fourth-order valence-electron chi connectivity index (χ4n) is 7.06. The fraction of sp³-hybridized carbons (Fsp3) is 0.182. The Bertz CT molecular complexity index is 1860. The van der Waals surface area contributed by atoms with Crippen LogP contribution >= 0.6 is 11.3 Å². The fourth-order valence-corrected chi connectivity index (χ4v) is 7.76.